The third kappa shape index (κ3) is 3.58. The number of rotatable bonds is 6. The van der Waals surface area contributed by atoms with Gasteiger partial charge in [0.15, 0.2) is 0 Å². The van der Waals surface area contributed by atoms with E-state index in [1.165, 1.54) is 55.6 Å². The average Bonchev–Trinajstić information content (AvgIpc) is 3.11. The highest BCUT2D eigenvalue weighted by Crippen LogP contribution is 2.37. The number of fused-ring (bicyclic) bond motifs is 1. The first-order valence-corrected chi connectivity index (χ1v) is 10.0. The number of hydrogen-bond acceptors (Lipinski definition) is 4. The van der Waals surface area contributed by atoms with Crippen LogP contribution in [0.5, 0.6) is 0 Å². The summed E-state index contributed by atoms with van der Waals surface area (Å²) in [6.07, 6.45) is 9.67. The molecule has 0 amide bonds. The Morgan fingerprint density at radius 1 is 1.25 bits per heavy atom. The van der Waals surface area contributed by atoms with Crippen LogP contribution in [0.3, 0.4) is 0 Å². The Balaban J connectivity index is 1.61. The van der Waals surface area contributed by atoms with Gasteiger partial charge >= 0.3 is 0 Å². The lowest BCUT2D eigenvalue weighted by atomic mass is 9.91. The molecule has 20 heavy (non-hydrogen) atoms. The largest absolute Gasteiger partial charge is 0.316 e. The Hall–Kier alpha value is -0.0600. The summed E-state index contributed by atoms with van der Waals surface area (Å²) in [6.45, 7) is 4.37. The number of likely N-dealkylation sites (N-methyl/N-ethyl adjacent to an activating group) is 1. The predicted molar refractivity (Wildman–Crippen MR) is 89.9 cm³/mol. The highest BCUT2D eigenvalue weighted by molar-refractivity contribution is 7.99. The molecule has 4 heteroatoms. The molecule has 1 fully saturated rings. The summed E-state index contributed by atoms with van der Waals surface area (Å²) < 4.78 is 0. The van der Waals surface area contributed by atoms with Gasteiger partial charge in [-0.05, 0) is 38.6 Å². The molecule has 1 aromatic rings. The van der Waals surface area contributed by atoms with Gasteiger partial charge in [0, 0.05) is 28.3 Å². The van der Waals surface area contributed by atoms with Crippen LogP contribution in [0.2, 0.25) is 0 Å². The van der Waals surface area contributed by atoms with E-state index in [4.69, 9.17) is 4.98 Å². The molecule has 1 heterocycles. The van der Waals surface area contributed by atoms with Gasteiger partial charge in [-0.3, -0.25) is 0 Å². The maximum atomic E-state index is 5.00. The summed E-state index contributed by atoms with van der Waals surface area (Å²) in [5.41, 5.74) is 1.43. The first kappa shape index (κ1) is 14.9. The smallest absolute Gasteiger partial charge is 0.103 e. The normalized spacial score (nSPS) is 23.1. The number of hydrogen-bond donors (Lipinski definition) is 1. The summed E-state index contributed by atoms with van der Waals surface area (Å²) >= 11 is 4.15. The molecule has 3 rings (SSSR count). The van der Waals surface area contributed by atoms with Gasteiger partial charge in [-0.25, -0.2) is 4.98 Å². The van der Waals surface area contributed by atoms with Crippen LogP contribution < -0.4 is 5.32 Å². The zero-order valence-electron chi connectivity index (χ0n) is 12.5. The number of nitrogens with one attached hydrogen (secondary N) is 1. The Morgan fingerprint density at radius 3 is 2.90 bits per heavy atom. The van der Waals surface area contributed by atoms with Gasteiger partial charge in [0.05, 0.1) is 5.69 Å². The van der Waals surface area contributed by atoms with Crippen molar-refractivity contribution in [2.75, 3.05) is 13.1 Å². The van der Waals surface area contributed by atoms with Crippen LogP contribution in [0.1, 0.15) is 66.9 Å². The summed E-state index contributed by atoms with van der Waals surface area (Å²) in [5.74, 6) is 1.82. The topological polar surface area (TPSA) is 24.9 Å². The standard InChI is InChI=1S/C16H26N2S2/c1-2-17-10-12-6-5-9-14-16(12)18-15(20-14)11-19-13-7-3-4-8-13/h12-13,17H,2-11H2,1H3. The van der Waals surface area contributed by atoms with E-state index in [-0.39, 0.29) is 0 Å². The molecule has 2 aliphatic rings. The lowest BCUT2D eigenvalue weighted by molar-refractivity contribution is 0.508. The molecule has 1 aromatic heterocycles. The molecule has 0 aromatic carbocycles. The molecule has 0 bridgehead atoms. The van der Waals surface area contributed by atoms with Crippen LogP contribution in [-0.2, 0) is 12.2 Å². The van der Waals surface area contributed by atoms with Gasteiger partial charge in [-0.2, -0.15) is 11.8 Å². The summed E-state index contributed by atoms with van der Waals surface area (Å²) in [7, 11) is 0. The average molecular weight is 311 g/mol. The fourth-order valence-corrected chi connectivity index (χ4v) is 5.92. The molecule has 112 valence electrons. The Morgan fingerprint density at radius 2 is 2.10 bits per heavy atom. The van der Waals surface area contributed by atoms with E-state index in [0.29, 0.717) is 5.92 Å². The molecular formula is C16H26N2S2. The molecule has 0 spiro atoms. The van der Waals surface area contributed by atoms with Crippen LogP contribution >= 0.6 is 23.1 Å². The summed E-state index contributed by atoms with van der Waals surface area (Å²) in [6, 6.07) is 0. The second-order valence-electron chi connectivity index (χ2n) is 6.03. The van der Waals surface area contributed by atoms with E-state index < -0.39 is 0 Å². The highest BCUT2D eigenvalue weighted by atomic mass is 32.2. The fourth-order valence-electron chi connectivity index (χ4n) is 3.38. The lowest BCUT2D eigenvalue weighted by Gasteiger charge is -2.21. The molecule has 1 atom stereocenters. The molecular weight excluding hydrogens is 284 g/mol. The van der Waals surface area contributed by atoms with Crippen molar-refractivity contribution in [3.05, 3.63) is 15.6 Å². The second kappa shape index (κ2) is 7.28. The number of nitrogens with zero attached hydrogens (tertiary/aromatic N) is 1. The zero-order chi connectivity index (χ0) is 13.8. The summed E-state index contributed by atoms with van der Waals surface area (Å²) in [4.78, 5) is 6.59. The number of aromatic nitrogens is 1. The molecule has 0 radical (unpaired) electrons. The minimum atomic E-state index is 0.667. The molecule has 0 aliphatic heterocycles. The highest BCUT2D eigenvalue weighted by Gasteiger charge is 2.24. The van der Waals surface area contributed by atoms with Gasteiger partial charge in [-0.1, -0.05) is 19.8 Å². The van der Waals surface area contributed by atoms with Gasteiger partial charge < -0.3 is 5.32 Å². The van der Waals surface area contributed by atoms with Crippen molar-refractivity contribution in [3.63, 3.8) is 0 Å². The predicted octanol–water partition coefficient (Wildman–Crippen LogP) is 4.35. The van der Waals surface area contributed by atoms with Crippen LogP contribution in [0.15, 0.2) is 0 Å². The fraction of sp³-hybridized carbons (Fsp3) is 0.812. The maximum Gasteiger partial charge on any atom is 0.103 e. The van der Waals surface area contributed by atoms with Crippen LogP contribution in [0.25, 0.3) is 0 Å². The Labute approximate surface area is 131 Å². The number of aryl methyl sites for hydroxylation is 1. The van der Waals surface area contributed by atoms with Gasteiger partial charge in [0.1, 0.15) is 5.01 Å². The SMILES string of the molecule is CCNCC1CCCc2sc(CSC3CCCC3)nc21. The van der Waals surface area contributed by atoms with Crippen molar-refractivity contribution in [3.8, 4) is 0 Å². The molecule has 0 saturated heterocycles. The van der Waals surface area contributed by atoms with E-state index in [9.17, 15) is 0 Å². The summed E-state index contributed by atoms with van der Waals surface area (Å²) in [5, 5.41) is 5.80. The van der Waals surface area contributed by atoms with E-state index in [1.54, 1.807) is 4.88 Å². The zero-order valence-corrected chi connectivity index (χ0v) is 14.1. The first-order valence-electron chi connectivity index (χ1n) is 8.17. The van der Waals surface area contributed by atoms with Gasteiger partial charge in [0.2, 0.25) is 0 Å². The molecule has 1 N–H and O–H groups in total. The van der Waals surface area contributed by atoms with Crippen molar-refractivity contribution < 1.29 is 0 Å². The minimum absolute atomic E-state index is 0.667. The Bertz CT molecular complexity index is 424. The molecule has 1 unspecified atom stereocenters. The molecule has 1 saturated carbocycles. The minimum Gasteiger partial charge on any atom is -0.316 e. The van der Waals surface area contributed by atoms with Crippen molar-refractivity contribution in [1.82, 2.24) is 10.3 Å². The quantitative estimate of drug-likeness (QED) is 0.845. The van der Waals surface area contributed by atoms with Gasteiger partial charge in [-0.15, -0.1) is 11.3 Å². The van der Waals surface area contributed by atoms with Crippen molar-refractivity contribution in [2.45, 2.75) is 68.8 Å². The van der Waals surface area contributed by atoms with E-state index in [1.807, 2.05) is 11.3 Å². The van der Waals surface area contributed by atoms with Crippen molar-refractivity contribution in [2.24, 2.45) is 0 Å². The van der Waals surface area contributed by atoms with E-state index >= 15 is 0 Å². The van der Waals surface area contributed by atoms with Gasteiger partial charge in [0.25, 0.3) is 0 Å². The number of thioether (sulfide) groups is 1. The third-order valence-electron chi connectivity index (χ3n) is 4.50. The van der Waals surface area contributed by atoms with Crippen LogP contribution in [-0.4, -0.2) is 23.3 Å². The lowest BCUT2D eigenvalue weighted by Crippen LogP contribution is -2.24. The monoisotopic (exact) mass is 310 g/mol. The third-order valence-corrected chi connectivity index (χ3v) is 7.20. The van der Waals surface area contributed by atoms with Crippen LogP contribution in [0.4, 0.5) is 0 Å². The van der Waals surface area contributed by atoms with E-state index in [0.717, 1.165) is 24.1 Å². The first-order chi connectivity index (χ1) is 9.86. The van der Waals surface area contributed by atoms with E-state index in [2.05, 4.69) is 24.0 Å². The van der Waals surface area contributed by atoms with Crippen LogP contribution in [0, 0.1) is 0 Å². The Kier molecular flexibility index (Phi) is 5.41. The molecule has 2 nitrogen and oxygen atoms in total. The number of thiazole rings is 1. The molecule has 2 aliphatic carbocycles. The second-order valence-corrected chi connectivity index (χ2v) is 8.49. The van der Waals surface area contributed by atoms with Crippen molar-refractivity contribution >= 4 is 23.1 Å². The maximum absolute atomic E-state index is 5.00. The van der Waals surface area contributed by atoms with Crippen molar-refractivity contribution in [1.29, 1.82) is 0 Å².